The van der Waals surface area contributed by atoms with Crippen molar-refractivity contribution < 1.29 is 9.59 Å². The average molecular weight is 436 g/mol. The first-order valence-electron chi connectivity index (χ1n) is 11.0. The predicted octanol–water partition coefficient (Wildman–Crippen LogP) is 5.21. The van der Waals surface area contributed by atoms with E-state index >= 15 is 0 Å². The third-order valence-electron chi connectivity index (χ3n) is 6.08. The van der Waals surface area contributed by atoms with E-state index in [9.17, 15) is 9.59 Å². The van der Waals surface area contributed by atoms with Gasteiger partial charge in [0.2, 0.25) is 0 Å². The van der Waals surface area contributed by atoms with Crippen LogP contribution in [0.1, 0.15) is 31.8 Å². The molecule has 5 nitrogen and oxygen atoms in total. The highest BCUT2D eigenvalue weighted by Crippen LogP contribution is 2.39. The highest BCUT2D eigenvalue weighted by atomic mass is 16.2. The van der Waals surface area contributed by atoms with E-state index in [-0.39, 0.29) is 11.8 Å². The number of carbonyl (C=O) groups is 2. The molecule has 0 N–H and O–H groups in total. The Labute approximate surface area is 193 Å². The van der Waals surface area contributed by atoms with Crippen molar-refractivity contribution in [1.29, 1.82) is 0 Å². The third kappa shape index (κ3) is 3.70. The average Bonchev–Trinajstić information content (AvgIpc) is 2.79. The molecule has 1 aliphatic heterocycles. The van der Waals surface area contributed by atoms with Gasteiger partial charge in [-0.2, -0.15) is 0 Å². The quantitative estimate of drug-likeness (QED) is 0.246. The maximum atomic E-state index is 13.7. The van der Waals surface area contributed by atoms with Gasteiger partial charge in [0.25, 0.3) is 11.8 Å². The molecule has 0 aromatic heterocycles. The molecule has 1 heterocycles. The fourth-order valence-corrected chi connectivity index (χ4v) is 4.48. The number of aliphatic imine (C=N–C) groups is 1. The van der Waals surface area contributed by atoms with E-state index in [1.807, 2.05) is 92.8 Å². The van der Waals surface area contributed by atoms with Crippen LogP contribution in [0.2, 0.25) is 0 Å². The molecule has 0 unspecified atom stereocenters. The van der Waals surface area contributed by atoms with Crippen molar-refractivity contribution in [3.05, 3.63) is 89.0 Å². The summed E-state index contributed by atoms with van der Waals surface area (Å²) in [6.45, 7) is 2.99. The lowest BCUT2D eigenvalue weighted by molar-refractivity contribution is 0.0602. The second-order valence-electron chi connectivity index (χ2n) is 8.77. The van der Waals surface area contributed by atoms with E-state index in [0.717, 1.165) is 38.4 Å². The lowest BCUT2D eigenvalue weighted by Crippen LogP contribution is -2.43. The van der Waals surface area contributed by atoms with Gasteiger partial charge in [-0.25, -0.2) is 0 Å². The first-order valence-corrected chi connectivity index (χ1v) is 11.0. The minimum absolute atomic E-state index is 0.236. The van der Waals surface area contributed by atoms with Crippen molar-refractivity contribution in [3.8, 4) is 0 Å². The van der Waals surface area contributed by atoms with Crippen molar-refractivity contribution >= 4 is 45.3 Å². The summed E-state index contributed by atoms with van der Waals surface area (Å²) in [6.07, 6.45) is 1.83. The molecule has 4 aromatic carbocycles. The number of carbonyl (C=O) groups excluding carboxylic acids is 2. The van der Waals surface area contributed by atoms with Crippen LogP contribution < -0.4 is 0 Å². The minimum Gasteiger partial charge on any atom is -0.308 e. The SMILES string of the molecule is Cc1cccc(C=Nc2cccc3cc4cccc5c4c(c23)C(=O)N(CCN(C)C)C5=O)c1. The first kappa shape index (κ1) is 21.0. The van der Waals surface area contributed by atoms with E-state index in [2.05, 4.69) is 6.07 Å². The largest absolute Gasteiger partial charge is 0.308 e. The van der Waals surface area contributed by atoms with Crippen LogP contribution in [-0.4, -0.2) is 55.0 Å². The van der Waals surface area contributed by atoms with Crippen LogP contribution in [0.15, 0.2) is 71.7 Å². The highest BCUT2D eigenvalue weighted by Gasteiger charge is 2.34. The molecule has 5 heteroatoms. The number of nitrogens with zero attached hydrogens (tertiary/aromatic N) is 3. The molecule has 0 saturated carbocycles. The molecule has 0 bridgehead atoms. The molecule has 164 valence electrons. The number of aryl methyl sites for hydroxylation is 1. The van der Waals surface area contributed by atoms with Crippen LogP contribution in [0.25, 0.3) is 21.5 Å². The van der Waals surface area contributed by atoms with Crippen molar-refractivity contribution in [2.75, 3.05) is 27.2 Å². The molecule has 0 aliphatic carbocycles. The van der Waals surface area contributed by atoms with Gasteiger partial charge < -0.3 is 4.90 Å². The van der Waals surface area contributed by atoms with Gasteiger partial charge in [-0.05, 0) is 55.6 Å². The fourth-order valence-electron chi connectivity index (χ4n) is 4.48. The van der Waals surface area contributed by atoms with E-state index < -0.39 is 0 Å². The van der Waals surface area contributed by atoms with Crippen molar-refractivity contribution in [2.45, 2.75) is 6.92 Å². The molecular formula is C28H25N3O2. The summed E-state index contributed by atoms with van der Waals surface area (Å²) in [7, 11) is 3.86. The molecule has 0 fully saturated rings. The van der Waals surface area contributed by atoms with Crippen molar-refractivity contribution in [3.63, 3.8) is 0 Å². The Hall–Kier alpha value is -3.83. The maximum absolute atomic E-state index is 13.7. The van der Waals surface area contributed by atoms with Crippen LogP contribution in [0, 0.1) is 6.92 Å². The zero-order chi connectivity index (χ0) is 23.1. The molecule has 0 atom stereocenters. The highest BCUT2D eigenvalue weighted by molar-refractivity contribution is 6.31. The van der Waals surface area contributed by atoms with Gasteiger partial charge >= 0.3 is 0 Å². The van der Waals surface area contributed by atoms with Crippen LogP contribution in [-0.2, 0) is 0 Å². The minimum atomic E-state index is -0.255. The summed E-state index contributed by atoms with van der Waals surface area (Å²) in [5.41, 5.74) is 4.01. The predicted molar refractivity (Wildman–Crippen MR) is 134 cm³/mol. The number of rotatable bonds is 5. The van der Waals surface area contributed by atoms with Crippen LogP contribution >= 0.6 is 0 Å². The van der Waals surface area contributed by atoms with E-state index in [1.165, 1.54) is 4.90 Å². The Morgan fingerprint density at radius 1 is 0.879 bits per heavy atom. The number of imide groups is 1. The molecule has 2 amide bonds. The third-order valence-corrected chi connectivity index (χ3v) is 6.08. The van der Waals surface area contributed by atoms with Crippen molar-refractivity contribution in [2.24, 2.45) is 4.99 Å². The normalized spacial score (nSPS) is 13.8. The zero-order valence-corrected chi connectivity index (χ0v) is 19.0. The molecule has 0 spiro atoms. The summed E-state index contributed by atoms with van der Waals surface area (Å²) >= 11 is 0. The van der Waals surface area contributed by atoms with Gasteiger partial charge in [0, 0.05) is 35.6 Å². The number of hydrogen-bond donors (Lipinski definition) is 0. The maximum Gasteiger partial charge on any atom is 0.262 e. The topological polar surface area (TPSA) is 53.0 Å². The Kier molecular flexibility index (Phi) is 5.27. The molecule has 0 saturated heterocycles. The van der Waals surface area contributed by atoms with Crippen LogP contribution in [0.3, 0.4) is 0 Å². The summed E-state index contributed by atoms with van der Waals surface area (Å²) in [5, 5.41) is 3.33. The van der Waals surface area contributed by atoms with Gasteiger partial charge in [0.1, 0.15) is 0 Å². The first-order chi connectivity index (χ1) is 15.9. The number of benzene rings is 4. The molecule has 1 aliphatic rings. The Morgan fingerprint density at radius 2 is 1.61 bits per heavy atom. The Bertz CT molecular complexity index is 1450. The van der Waals surface area contributed by atoms with Gasteiger partial charge in [-0.3, -0.25) is 19.5 Å². The second kappa shape index (κ2) is 8.26. The fraction of sp³-hybridized carbons (Fsp3) is 0.179. The van der Waals surface area contributed by atoms with Crippen molar-refractivity contribution in [1.82, 2.24) is 9.80 Å². The second-order valence-corrected chi connectivity index (χ2v) is 8.77. The van der Waals surface area contributed by atoms with Crippen LogP contribution in [0.4, 0.5) is 5.69 Å². The summed E-state index contributed by atoms with van der Waals surface area (Å²) in [6, 6.07) is 21.7. The molecular weight excluding hydrogens is 410 g/mol. The summed E-state index contributed by atoms with van der Waals surface area (Å²) in [5.74, 6) is -0.491. The van der Waals surface area contributed by atoms with E-state index in [4.69, 9.17) is 4.99 Å². The summed E-state index contributed by atoms with van der Waals surface area (Å²) in [4.78, 5) is 35.1. The molecule has 4 aromatic rings. The van der Waals surface area contributed by atoms with Gasteiger partial charge in [0.05, 0.1) is 11.3 Å². The Morgan fingerprint density at radius 3 is 2.36 bits per heavy atom. The smallest absolute Gasteiger partial charge is 0.262 e. The number of hydrogen-bond acceptors (Lipinski definition) is 4. The van der Waals surface area contributed by atoms with Gasteiger partial charge in [-0.1, -0.05) is 54.1 Å². The molecule has 33 heavy (non-hydrogen) atoms. The summed E-state index contributed by atoms with van der Waals surface area (Å²) < 4.78 is 0. The van der Waals surface area contributed by atoms with Gasteiger partial charge in [-0.15, -0.1) is 0 Å². The van der Waals surface area contributed by atoms with E-state index in [1.54, 1.807) is 0 Å². The Balaban J connectivity index is 1.75. The standard InChI is InChI=1S/C28H25N3O2/c1-18-7-4-8-19(15-18)17-29-23-12-6-10-21-16-20-9-5-11-22-24(20)26(25(21)23)28(33)31(27(22)32)14-13-30(2)3/h4-12,15-17H,13-14H2,1-3H3. The van der Waals surface area contributed by atoms with E-state index in [0.29, 0.717) is 24.2 Å². The lowest BCUT2D eigenvalue weighted by atomic mass is 9.89. The monoisotopic (exact) mass is 435 g/mol. The molecule has 0 radical (unpaired) electrons. The zero-order valence-electron chi connectivity index (χ0n) is 19.0. The molecule has 5 rings (SSSR count). The number of amides is 2. The number of likely N-dealkylation sites (N-methyl/N-ethyl adjacent to an activating group) is 1. The van der Waals surface area contributed by atoms with Crippen LogP contribution in [0.5, 0.6) is 0 Å². The van der Waals surface area contributed by atoms with Gasteiger partial charge in [0.15, 0.2) is 0 Å². The number of fused-ring (bicyclic) bond motifs is 2. The lowest BCUT2D eigenvalue weighted by Gasteiger charge is -2.29.